The maximum Gasteiger partial charge on any atom is 0.126 e. The number of anilines is 2. The van der Waals surface area contributed by atoms with E-state index < -0.39 is 0 Å². The second-order valence-electron chi connectivity index (χ2n) is 8.83. The minimum Gasteiger partial charge on any atom is -0.381 e. The molecular formula is C24H35ClN6O. The van der Waals surface area contributed by atoms with Gasteiger partial charge in [0, 0.05) is 56.7 Å². The molecule has 0 amide bonds. The molecule has 0 bridgehead atoms. The van der Waals surface area contributed by atoms with Crippen molar-refractivity contribution in [3.8, 4) is 11.3 Å². The Kier molecular flexibility index (Phi) is 8.56. The Bertz CT molecular complexity index is 852. The minimum absolute atomic E-state index is 0.424. The van der Waals surface area contributed by atoms with Gasteiger partial charge in [0.1, 0.15) is 11.6 Å². The first-order valence-corrected chi connectivity index (χ1v) is 12.2. The van der Waals surface area contributed by atoms with Gasteiger partial charge in [0.15, 0.2) is 0 Å². The van der Waals surface area contributed by atoms with Crippen molar-refractivity contribution in [1.29, 1.82) is 0 Å². The summed E-state index contributed by atoms with van der Waals surface area (Å²) in [4.78, 5) is 9.33. The zero-order chi connectivity index (χ0) is 22.2. The lowest BCUT2D eigenvalue weighted by atomic mass is 9.91. The van der Waals surface area contributed by atoms with Crippen molar-refractivity contribution in [2.75, 3.05) is 43.5 Å². The fourth-order valence-corrected chi connectivity index (χ4v) is 4.74. The van der Waals surface area contributed by atoms with Gasteiger partial charge in [-0.1, -0.05) is 17.7 Å². The molecule has 5 N–H and O–H groups in total. The molecule has 0 radical (unpaired) electrons. The van der Waals surface area contributed by atoms with E-state index in [1.54, 1.807) is 6.20 Å². The van der Waals surface area contributed by atoms with Gasteiger partial charge in [0.05, 0.1) is 10.7 Å². The number of hydrogen-bond donors (Lipinski definition) is 4. The summed E-state index contributed by atoms with van der Waals surface area (Å²) in [5.74, 6) is 2.36. The van der Waals surface area contributed by atoms with Gasteiger partial charge in [-0.05, 0) is 62.6 Å². The molecule has 3 heterocycles. The van der Waals surface area contributed by atoms with E-state index in [2.05, 4.69) is 20.9 Å². The standard InChI is InChI=1S/C24H35ClN6O/c25-21-16-29-24(30-19-6-4-18(5-7-19)27-11-10-26)14-20(21)22-2-1-3-23(31-22)28-15-17-8-12-32-13-9-17/h1-3,14,16-19,27H,4-13,15,26H2,(H,28,31)(H,29,30). The highest BCUT2D eigenvalue weighted by atomic mass is 35.5. The predicted octanol–water partition coefficient (Wildman–Crippen LogP) is 3.91. The Morgan fingerprint density at radius 3 is 2.59 bits per heavy atom. The molecule has 174 valence electrons. The maximum atomic E-state index is 6.51. The van der Waals surface area contributed by atoms with E-state index >= 15 is 0 Å². The third kappa shape index (κ3) is 6.54. The molecule has 7 nitrogen and oxygen atoms in total. The molecule has 1 saturated heterocycles. The molecule has 0 unspecified atom stereocenters. The molecule has 1 aliphatic heterocycles. The molecule has 0 spiro atoms. The highest BCUT2D eigenvalue weighted by Gasteiger charge is 2.21. The molecule has 2 fully saturated rings. The van der Waals surface area contributed by atoms with Crippen LogP contribution in [0.5, 0.6) is 0 Å². The van der Waals surface area contributed by atoms with E-state index in [1.807, 2.05) is 24.3 Å². The van der Waals surface area contributed by atoms with Crippen LogP contribution in [0.4, 0.5) is 11.6 Å². The van der Waals surface area contributed by atoms with Crippen molar-refractivity contribution in [2.24, 2.45) is 11.7 Å². The topological polar surface area (TPSA) is 97.1 Å². The van der Waals surface area contributed by atoms with Crippen molar-refractivity contribution >= 4 is 23.2 Å². The molecular weight excluding hydrogens is 424 g/mol. The van der Waals surface area contributed by atoms with Crippen molar-refractivity contribution < 1.29 is 4.74 Å². The minimum atomic E-state index is 0.424. The molecule has 32 heavy (non-hydrogen) atoms. The summed E-state index contributed by atoms with van der Waals surface area (Å²) in [6, 6.07) is 9.05. The van der Waals surface area contributed by atoms with E-state index in [0.717, 1.165) is 87.7 Å². The van der Waals surface area contributed by atoms with Crippen LogP contribution in [-0.2, 0) is 4.74 Å². The lowest BCUT2D eigenvalue weighted by Crippen LogP contribution is -2.39. The molecule has 1 saturated carbocycles. The number of ether oxygens (including phenoxy) is 1. The Morgan fingerprint density at radius 1 is 1.03 bits per heavy atom. The van der Waals surface area contributed by atoms with E-state index in [-0.39, 0.29) is 0 Å². The number of pyridine rings is 2. The Labute approximate surface area is 195 Å². The first-order valence-electron chi connectivity index (χ1n) is 11.9. The van der Waals surface area contributed by atoms with Crippen molar-refractivity contribution in [2.45, 2.75) is 50.6 Å². The van der Waals surface area contributed by atoms with Gasteiger partial charge >= 0.3 is 0 Å². The van der Waals surface area contributed by atoms with Crippen molar-refractivity contribution in [3.63, 3.8) is 0 Å². The second-order valence-corrected chi connectivity index (χ2v) is 9.24. The Hall–Kier alpha value is -1.93. The lowest BCUT2D eigenvalue weighted by molar-refractivity contribution is 0.0699. The van der Waals surface area contributed by atoms with E-state index in [4.69, 9.17) is 27.1 Å². The van der Waals surface area contributed by atoms with Gasteiger partial charge in [-0.2, -0.15) is 0 Å². The number of rotatable bonds is 9. The van der Waals surface area contributed by atoms with Gasteiger partial charge in [0.25, 0.3) is 0 Å². The van der Waals surface area contributed by atoms with E-state index in [1.165, 1.54) is 0 Å². The van der Waals surface area contributed by atoms with Crippen LogP contribution >= 0.6 is 11.6 Å². The Morgan fingerprint density at radius 2 is 1.81 bits per heavy atom. The number of aromatic nitrogens is 2. The van der Waals surface area contributed by atoms with Crippen LogP contribution in [-0.4, -0.2) is 54.9 Å². The number of hydrogen-bond acceptors (Lipinski definition) is 7. The SMILES string of the molecule is NCCNC1CCC(Nc2cc(-c3cccc(NCC4CCOCC4)n3)c(Cl)cn2)CC1. The summed E-state index contributed by atoms with van der Waals surface area (Å²) in [5.41, 5.74) is 7.36. The van der Waals surface area contributed by atoms with Crippen LogP contribution in [0.15, 0.2) is 30.5 Å². The molecule has 2 aromatic heterocycles. The number of halogens is 1. The molecule has 1 aliphatic carbocycles. The largest absolute Gasteiger partial charge is 0.381 e. The summed E-state index contributed by atoms with van der Waals surface area (Å²) in [6.07, 6.45) is 8.46. The van der Waals surface area contributed by atoms with Crippen LogP contribution in [0.25, 0.3) is 11.3 Å². The Balaban J connectivity index is 1.37. The molecule has 2 aromatic rings. The fraction of sp³-hybridized carbons (Fsp3) is 0.583. The third-order valence-corrected chi connectivity index (χ3v) is 6.75. The normalized spacial score (nSPS) is 21.9. The summed E-state index contributed by atoms with van der Waals surface area (Å²) < 4.78 is 5.45. The predicted molar refractivity (Wildman–Crippen MR) is 131 cm³/mol. The van der Waals surface area contributed by atoms with E-state index in [9.17, 15) is 0 Å². The lowest BCUT2D eigenvalue weighted by Gasteiger charge is -2.30. The average Bonchev–Trinajstić information content (AvgIpc) is 2.84. The van der Waals surface area contributed by atoms with Crippen LogP contribution in [0.1, 0.15) is 38.5 Å². The first-order chi connectivity index (χ1) is 15.7. The molecule has 8 heteroatoms. The molecule has 2 aliphatic rings. The summed E-state index contributed by atoms with van der Waals surface area (Å²) in [6.45, 7) is 4.21. The summed E-state index contributed by atoms with van der Waals surface area (Å²) in [7, 11) is 0. The fourth-order valence-electron chi connectivity index (χ4n) is 4.53. The van der Waals surface area contributed by atoms with Crippen LogP contribution in [0.2, 0.25) is 5.02 Å². The second kappa shape index (κ2) is 11.8. The van der Waals surface area contributed by atoms with Crippen molar-refractivity contribution in [1.82, 2.24) is 15.3 Å². The number of nitrogens with one attached hydrogen (secondary N) is 3. The zero-order valence-electron chi connectivity index (χ0n) is 18.7. The van der Waals surface area contributed by atoms with Crippen LogP contribution in [0.3, 0.4) is 0 Å². The summed E-state index contributed by atoms with van der Waals surface area (Å²) in [5, 5.41) is 11.2. The number of nitrogens with two attached hydrogens (primary N) is 1. The van der Waals surface area contributed by atoms with Crippen LogP contribution in [0, 0.1) is 5.92 Å². The maximum absolute atomic E-state index is 6.51. The third-order valence-electron chi connectivity index (χ3n) is 6.45. The molecule has 4 rings (SSSR count). The van der Waals surface area contributed by atoms with Gasteiger partial charge in [-0.15, -0.1) is 0 Å². The van der Waals surface area contributed by atoms with Gasteiger partial charge in [0.2, 0.25) is 0 Å². The zero-order valence-corrected chi connectivity index (χ0v) is 19.4. The van der Waals surface area contributed by atoms with Gasteiger partial charge < -0.3 is 26.4 Å². The molecule has 0 atom stereocenters. The van der Waals surface area contributed by atoms with E-state index in [0.29, 0.717) is 29.6 Å². The highest BCUT2D eigenvalue weighted by molar-refractivity contribution is 6.33. The van der Waals surface area contributed by atoms with Crippen LogP contribution < -0.4 is 21.7 Å². The quantitative estimate of drug-likeness (QED) is 0.452. The smallest absolute Gasteiger partial charge is 0.126 e. The highest BCUT2D eigenvalue weighted by Crippen LogP contribution is 2.30. The summed E-state index contributed by atoms with van der Waals surface area (Å²) >= 11 is 6.51. The van der Waals surface area contributed by atoms with Gasteiger partial charge in [-0.3, -0.25) is 0 Å². The monoisotopic (exact) mass is 458 g/mol. The van der Waals surface area contributed by atoms with Crippen molar-refractivity contribution in [3.05, 3.63) is 35.5 Å². The molecule has 0 aromatic carbocycles. The van der Waals surface area contributed by atoms with Gasteiger partial charge in [-0.25, -0.2) is 9.97 Å². The average molecular weight is 459 g/mol. The first kappa shape index (κ1) is 23.2. The number of nitrogens with zero attached hydrogens (tertiary/aromatic N) is 2.